The highest BCUT2D eigenvalue weighted by molar-refractivity contribution is 7.15. The highest BCUT2D eigenvalue weighted by Gasteiger charge is 2.10. The van der Waals surface area contributed by atoms with E-state index in [1.165, 1.54) is 10.4 Å². The van der Waals surface area contributed by atoms with Gasteiger partial charge in [-0.15, -0.1) is 11.3 Å². The van der Waals surface area contributed by atoms with E-state index in [0.717, 1.165) is 29.4 Å². The minimum Gasteiger partial charge on any atom is -0.496 e. The second-order valence-electron chi connectivity index (χ2n) is 5.36. The van der Waals surface area contributed by atoms with Crippen molar-refractivity contribution in [2.24, 2.45) is 5.92 Å². The van der Waals surface area contributed by atoms with Gasteiger partial charge in [-0.1, -0.05) is 19.9 Å². The number of aromatic nitrogens is 1. The summed E-state index contributed by atoms with van der Waals surface area (Å²) in [4.78, 5) is 5.77. The topological polar surface area (TPSA) is 34.1 Å². The molecule has 0 bridgehead atoms. The van der Waals surface area contributed by atoms with Gasteiger partial charge < -0.3 is 10.1 Å². The first-order valence-electron chi connectivity index (χ1n) is 6.90. The summed E-state index contributed by atoms with van der Waals surface area (Å²) in [6, 6.07) is 6.22. The van der Waals surface area contributed by atoms with Crippen molar-refractivity contribution in [3.63, 3.8) is 0 Å². The van der Waals surface area contributed by atoms with Crippen LogP contribution in [0.4, 0.5) is 0 Å². The number of nitrogens with one attached hydrogen (secondary N) is 1. The molecule has 2 aromatic rings. The molecule has 1 aromatic heterocycles. The first-order valence-corrected chi connectivity index (χ1v) is 7.72. The van der Waals surface area contributed by atoms with Crippen molar-refractivity contribution < 1.29 is 4.74 Å². The molecular weight excluding hydrogens is 268 g/mol. The number of hydrogen-bond donors (Lipinski definition) is 1. The van der Waals surface area contributed by atoms with Crippen LogP contribution in [-0.4, -0.2) is 18.6 Å². The van der Waals surface area contributed by atoms with Crippen LogP contribution in [-0.2, 0) is 6.54 Å². The van der Waals surface area contributed by atoms with Crippen LogP contribution in [0.2, 0.25) is 0 Å². The molecule has 0 atom stereocenters. The van der Waals surface area contributed by atoms with Crippen molar-refractivity contribution >= 4 is 11.3 Å². The first-order chi connectivity index (χ1) is 9.60. The Kier molecular flexibility index (Phi) is 5.15. The number of thiazole rings is 1. The van der Waals surface area contributed by atoms with Crippen molar-refractivity contribution in [1.82, 2.24) is 10.3 Å². The molecule has 0 aliphatic rings. The lowest BCUT2D eigenvalue weighted by Gasteiger charge is -2.07. The number of ether oxygens (including phenoxy) is 1. The smallest absolute Gasteiger partial charge is 0.129 e. The summed E-state index contributed by atoms with van der Waals surface area (Å²) in [5, 5.41) is 4.46. The molecule has 0 amide bonds. The average Bonchev–Trinajstić information content (AvgIpc) is 2.86. The van der Waals surface area contributed by atoms with Gasteiger partial charge in [0, 0.05) is 17.6 Å². The Morgan fingerprint density at radius 2 is 2.15 bits per heavy atom. The van der Waals surface area contributed by atoms with Crippen LogP contribution in [0.1, 0.15) is 24.3 Å². The largest absolute Gasteiger partial charge is 0.496 e. The first kappa shape index (κ1) is 15.0. The lowest BCUT2D eigenvalue weighted by molar-refractivity contribution is 0.416. The number of methoxy groups -OCH3 is 1. The van der Waals surface area contributed by atoms with Crippen molar-refractivity contribution in [3.05, 3.63) is 34.8 Å². The predicted molar refractivity (Wildman–Crippen MR) is 85.4 cm³/mol. The van der Waals surface area contributed by atoms with E-state index in [9.17, 15) is 0 Å². The molecule has 4 heteroatoms. The third-order valence-electron chi connectivity index (χ3n) is 2.99. The summed E-state index contributed by atoms with van der Waals surface area (Å²) in [5.74, 6) is 1.56. The zero-order valence-corrected chi connectivity index (χ0v) is 13.4. The summed E-state index contributed by atoms with van der Waals surface area (Å²) >= 11 is 1.72. The normalized spacial score (nSPS) is 11.1. The second-order valence-corrected chi connectivity index (χ2v) is 6.48. The monoisotopic (exact) mass is 290 g/mol. The van der Waals surface area contributed by atoms with Gasteiger partial charge in [0.05, 0.1) is 12.7 Å². The Morgan fingerprint density at radius 3 is 2.85 bits per heavy atom. The maximum atomic E-state index is 5.45. The van der Waals surface area contributed by atoms with E-state index < -0.39 is 0 Å². The van der Waals surface area contributed by atoms with Crippen molar-refractivity contribution in [2.75, 3.05) is 13.7 Å². The molecule has 2 rings (SSSR count). The fraction of sp³-hybridized carbons (Fsp3) is 0.438. The molecule has 1 heterocycles. The van der Waals surface area contributed by atoms with Crippen LogP contribution >= 0.6 is 11.3 Å². The maximum absolute atomic E-state index is 5.45. The second kappa shape index (κ2) is 6.86. The molecule has 20 heavy (non-hydrogen) atoms. The highest BCUT2D eigenvalue weighted by atomic mass is 32.1. The van der Waals surface area contributed by atoms with Crippen LogP contribution in [0.25, 0.3) is 10.6 Å². The minimum absolute atomic E-state index is 0.666. The van der Waals surface area contributed by atoms with Gasteiger partial charge in [0.15, 0.2) is 0 Å². The van der Waals surface area contributed by atoms with Gasteiger partial charge in [-0.05, 0) is 37.1 Å². The summed E-state index contributed by atoms with van der Waals surface area (Å²) < 4.78 is 5.45. The Balaban J connectivity index is 2.12. The average molecular weight is 290 g/mol. The summed E-state index contributed by atoms with van der Waals surface area (Å²) in [6.07, 6.45) is 1.95. The predicted octanol–water partition coefficient (Wildman–Crippen LogP) is 3.87. The standard InChI is InChI=1S/C16H22N2OS/c1-11(2)8-17-9-13-10-18-16(20-13)14-6-5-12(3)7-15(14)19-4/h5-7,10-11,17H,8-9H2,1-4H3. The number of aryl methyl sites for hydroxylation is 1. The van der Waals surface area contributed by atoms with Crippen LogP contribution in [0.5, 0.6) is 5.75 Å². The SMILES string of the molecule is COc1cc(C)ccc1-c1ncc(CNCC(C)C)s1. The Morgan fingerprint density at radius 1 is 1.35 bits per heavy atom. The Hall–Kier alpha value is -1.39. The summed E-state index contributed by atoms with van der Waals surface area (Å²) in [7, 11) is 1.71. The van der Waals surface area contributed by atoms with Gasteiger partial charge in [-0.2, -0.15) is 0 Å². The maximum Gasteiger partial charge on any atom is 0.129 e. The molecule has 0 aliphatic carbocycles. The summed E-state index contributed by atoms with van der Waals surface area (Å²) in [5.41, 5.74) is 2.26. The van der Waals surface area contributed by atoms with Gasteiger partial charge in [0.1, 0.15) is 10.8 Å². The molecule has 0 aliphatic heterocycles. The molecule has 0 fully saturated rings. The molecule has 0 saturated heterocycles. The van der Waals surface area contributed by atoms with Gasteiger partial charge in [-0.3, -0.25) is 0 Å². The molecule has 0 radical (unpaired) electrons. The lowest BCUT2D eigenvalue weighted by atomic mass is 10.1. The van der Waals surface area contributed by atoms with Gasteiger partial charge >= 0.3 is 0 Å². The van der Waals surface area contributed by atoms with Gasteiger partial charge in [0.2, 0.25) is 0 Å². The zero-order chi connectivity index (χ0) is 14.5. The fourth-order valence-corrected chi connectivity index (χ4v) is 2.88. The molecule has 0 unspecified atom stereocenters. The van der Waals surface area contributed by atoms with Gasteiger partial charge in [0.25, 0.3) is 0 Å². The molecule has 0 spiro atoms. The van der Waals surface area contributed by atoms with E-state index in [4.69, 9.17) is 4.74 Å². The van der Waals surface area contributed by atoms with Crippen molar-refractivity contribution in [3.8, 4) is 16.3 Å². The quantitative estimate of drug-likeness (QED) is 0.877. The minimum atomic E-state index is 0.666. The lowest BCUT2D eigenvalue weighted by Crippen LogP contribution is -2.18. The molecule has 1 N–H and O–H groups in total. The van der Waals surface area contributed by atoms with Gasteiger partial charge in [-0.25, -0.2) is 4.98 Å². The highest BCUT2D eigenvalue weighted by Crippen LogP contribution is 2.33. The molecule has 1 aromatic carbocycles. The van der Waals surface area contributed by atoms with E-state index in [1.807, 2.05) is 12.3 Å². The molecule has 108 valence electrons. The summed E-state index contributed by atoms with van der Waals surface area (Å²) in [6.45, 7) is 8.39. The zero-order valence-electron chi connectivity index (χ0n) is 12.6. The Labute approximate surface area is 125 Å². The van der Waals surface area contributed by atoms with Crippen LogP contribution in [0.15, 0.2) is 24.4 Å². The van der Waals surface area contributed by atoms with E-state index in [-0.39, 0.29) is 0 Å². The third-order valence-corrected chi connectivity index (χ3v) is 4.02. The number of hydrogen-bond acceptors (Lipinski definition) is 4. The third kappa shape index (κ3) is 3.81. The van der Waals surface area contributed by atoms with Crippen LogP contribution in [0, 0.1) is 12.8 Å². The van der Waals surface area contributed by atoms with E-state index >= 15 is 0 Å². The molecular formula is C16H22N2OS. The molecule has 3 nitrogen and oxygen atoms in total. The van der Waals surface area contributed by atoms with Crippen molar-refractivity contribution in [2.45, 2.75) is 27.3 Å². The van der Waals surface area contributed by atoms with Crippen LogP contribution < -0.4 is 10.1 Å². The fourth-order valence-electron chi connectivity index (χ4n) is 1.97. The van der Waals surface area contributed by atoms with E-state index in [2.05, 4.69) is 43.2 Å². The number of rotatable bonds is 6. The number of benzene rings is 1. The van der Waals surface area contributed by atoms with Crippen LogP contribution in [0.3, 0.4) is 0 Å². The van der Waals surface area contributed by atoms with Crippen molar-refractivity contribution in [1.29, 1.82) is 0 Å². The Bertz CT molecular complexity index is 563. The van der Waals surface area contributed by atoms with E-state index in [1.54, 1.807) is 18.4 Å². The van der Waals surface area contributed by atoms with E-state index in [0.29, 0.717) is 5.92 Å². The number of nitrogens with zero attached hydrogens (tertiary/aromatic N) is 1. The molecule has 0 saturated carbocycles.